The maximum atomic E-state index is 11.9. The van der Waals surface area contributed by atoms with Gasteiger partial charge in [-0.25, -0.2) is 0 Å². The second-order valence-corrected chi connectivity index (χ2v) is 4.54. The predicted octanol–water partition coefficient (Wildman–Crippen LogP) is 1.11. The molecular weight excluding hydrogens is 256 g/mol. The van der Waals surface area contributed by atoms with Crippen molar-refractivity contribution in [1.29, 1.82) is 0 Å². The van der Waals surface area contributed by atoms with Crippen LogP contribution in [-0.4, -0.2) is 16.0 Å². The van der Waals surface area contributed by atoms with E-state index in [1.54, 1.807) is 25.1 Å². The maximum Gasteiger partial charge on any atom is 0.260 e. The zero-order chi connectivity index (χ0) is 14.5. The second-order valence-electron chi connectivity index (χ2n) is 4.54. The van der Waals surface area contributed by atoms with Crippen LogP contribution in [0.15, 0.2) is 41.2 Å². The van der Waals surface area contributed by atoms with Crippen LogP contribution < -0.4 is 10.9 Å². The van der Waals surface area contributed by atoms with E-state index in [2.05, 4.69) is 10.3 Å². The molecule has 104 valence electrons. The van der Waals surface area contributed by atoms with E-state index in [0.29, 0.717) is 12.2 Å². The molecule has 5 heteroatoms. The number of aryl methyl sites for hydroxylation is 1. The van der Waals surface area contributed by atoms with Crippen LogP contribution in [0.2, 0.25) is 0 Å². The number of aliphatic hydroxyl groups is 1. The van der Waals surface area contributed by atoms with E-state index in [1.165, 1.54) is 6.07 Å². The molecule has 2 aromatic rings. The molecule has 0 fully saturated rings. The Kier molecular flexibility index (Phi) is 4.32. The van der Waals surface area contributed by atoms with E-state index in [4.69, 9.17) is 5.11 Å². The van der Waals surface area contributed by atoms with Crippen LogP contribution in [0.3, 0.4) is 0 Å². The van der Waals surface area contributed by atoms with Crippen LogP contribution in [0.25, 0.3) is 0 Å². The SMILES string of the molecule is Cc1ccc(C(=O)NCc2ccc(CO)cc2)c(=O)[nH]1. The van der Waals surface area contributed by atoms with Crippen molar-refractivity contribution in [2.75, 3.05) is 0 Å². The first-order chi connectivity index (χ1) is 9.60. The van der Waals surface area contributed by atoms with Crippen LogP contribution in [0.4, 0.5) is 0 Å². The third-order valence-corrected chi connectivity index (χ3v) is 2.96. The number of amides is 1. The van der Waals surface area contributed by atoms with Crippen molar-refractivity contribution in [3.05, 3.63) is 69.1 Å². The molecule has 5 nitrogen and oxygen atoms in total. The Hall–Kier alpha value is -2.40. The van der Waals surface area contributed by atoms with Gasteiger partial charge in [-0.15, -0.1) is 0 Å². The van der Waals surface area contributed by atoms with E-state index < -0.39 is 11.5 Å². The summed E-state index contributed by atoms with van der Waals surface area (Å²) in [5.74, 6) is -0.405. The summed E-state index contributed by atoms with van der Waals surface area (Å²) in [5, 5.41) is 11.6. The Balaban J connectivity index is 2.02. The fourth-order valence-corrected chi connectivity index (χ4v) is 1.79. The summed E-state index contributed by atoms with van der Waals surface area (Å²) in [6.45, 7) is 2.08. The maximum absolute atomic E-state index is 11.9. The second kappa shape index (κ2) is 6.16. The van der Waals surface area contributed by atoms with Gasteiger partial charge in [-0.2, -0.15) is 0 Å². The van der Waals surface area contributed by atoms with E-state index in [0.717, 1.165) is 11.1 Å². The van der Waals surface area contributed by atoms with Crippen molar-refractivity contribution in [3.63, 3.8) is 0 Å². The molecule has 0 bridgehead atoms. The highest BCUT2D eigenvalue weighted by atomic mass is 16.3. The first-order valence-corrected chi connectivity index (χ1v) is 6.27. The van der Waals surface area contributed by atoms with Gasteiger partial charge in [0.1, 0.15) is 5.56 Å². The fourth-order valence-electron chi connectivity index (χ4n) is 1.79. The molecule has 0 spiro atoms. The van der Waals surface area contributed by atoms with E-state index in [1.807, 2.05) is 12.1 Å². The zero-order valence-corrected chi connectivity index (χ0v) is 11.1. The van der Waals surface area contributed by atoms with Crippen LogP contribution in [0.1, 0.15) is 27.2 Å². The Morgan fingerprint density at radius 3 is 2.40 bits per heavy atom. The van der Waals surface area contributed by atoms with Gasteiger partial charge in [-0.05, 0) is 30.2 Å². The number of H-pyrrole nitrogens is 1. The molecule has 1 heterocycles. The van der Waals surface area contributed by atoms with Gasteiger partial charge in [0.15, 0.2) is 0 Å². The number of carbonyl (C=O) groups is 1. The minimum atomic E-state index is -0.405. The molecule has 3 N–H and O–H groups in total. The van der Waals surface area contributed by atoms with Crippen molar-refractivity contribution < 1.29 is 9.90 Å². The van der Waals surface area contributed by atoms with E-state index in [-0.39, 0.29) is 12.2 Å². The molecule has 1 aromatic carbocycles. The molecule has 1 amide bonds. The van der Waals surface area contributed by atoms with Gasteiger partial charge in [-0.1, -0.05) is 24.3 Å². The van der Waals surface area contributed by atoms with E-state index >= 15 is 0 Å². The Morgan fingerprint density at radius 2 is 1.80 bits per heavy atom. The number of hydrogen-bond donors (Lipinski definition) is 3. The number of aliphatic hydroxyl groups excluding tert-OH is 1. The minimum absolute atomic E-state index is 0.00855. The molecule has 0 saturated heterocycles. The number of hydrogen-bond acceptors (Lipinski definition) is 3. The highest BCUT2D eigenvalue weighted by Crippen LogP contribution is 2.04. The molecule has 0 aliphatic heterocycles. The van der Waals surface area contributed by atoms with Gasteiger partial charge in [0.05, 0.1) is 6.61 Å². The molecule has 0 aliphatic carbocycles. The lowest BCUT2D eigenvalue weighted by Crippen LogP contribution is -2.29. The lowest BCUT2D eigenvalue weighted by Gasteiger charge is -2.06. The number of rotatable bonds is 4. The summed E-state index contributed by atoms with van der Waals surface area (Å²) in [5.41, 5.74) is 2.14. The summed E-state index contributed by atoms with van der Waals surface area (Å²) in [7, 11) is 0. The van der Waals surface area contributed by atoms with Gasteiger partial charge in [0.2, 0.25) is 0 Å². The van der Waals surface area contributed by atoms with Crippen LogP contribution in [-0.2, 0) is 13.2 Å². The largest absolute Gasteiger partial charge is 0.392 e. The third-order valence-electron chi connectivity index (χ3n) is 2.96. The van der Waals surface area contributed by atoms with Crippen LogP contribution in [0.5, 0.6) is 0 Å². The highest BCUT2D eigenvalue weighted by molar-refractivity contribution is 5.93. The van der Waals surface area contributed by atoms with Crippen molar-refractivity contribution in [2.24, 2.45) is 0 Å². The Morgan fingerprint density at radius 1 is 1.15 bits per heavy atom. The number of aromatic nitrogens is 1. The standard InChI is InChI=1S/C15H16N2O3/c1-10-2-7-13(15(20)17-10)14(19)16-8-11-3-5-12(9-18)6-4-11/h2-7,18H,8-9H2,1H3,(H,16,19)(H,17,20). The summed E-state index contributed by atoms with van der Waals surface area (Å²) in [6, 6.07) is 10.4. The Labute approximate surface area is 116 Å². The van der Waals surface area contributed by atoms with Gasteiger partial charge in [-0.3, -0.25) is 9.59 Å². The molecule has 20 heavy (non-hydrogen) atoms. The topological polar surface area (TPSA) is 82.2 Å². The lowest BCUT2D eigenvalue weighted by atomic mass is 10.1. The van der Waals surface area contributed by atoms with Crippen molar-refractivity contribution in [2.45, 2.75) is 20.1 Å². The monoisotopic (exact) mass is 272 g/mol. The van der Waals surface area contributed by atoms with Gasteiger partial charge in [0.25, 0.3) is 11.5 Å². The summed E-state index contributed by atoms with van der Waals surface area (Å²) >= 11 is 0. The third kappa shape index (κ3) is 3.33. The molecule has 1 aromatic heterocycles. The summed E-state index contributed by atoms with van der Waals surface area (Å²) < 4.78 is 0. The van der Waals surface area contributed by atoms with Gasteiger partial charge in [0, 0.05) is 12.2 Å². The number of aromatic amines is 1. The summed E-state index contributed by atoms with van der Waals surface area (Å²) in [4.78, 5) is 26.1. The van der Waals surface area contributed by atoms with Gasteiger partial charge < -0.3 is 15.4 Å². The van der Waals surface area contributed by atoms with Crippen molar-refractivity contribution in [1.82, 2.24) is 10.3 Å². The van der Waals surface area contributed by atoms with Crippen molar-refractivity contribution >= 4 is 5.91 Å². The number of benzene rings is 1. The van der Waals surface area contributed by atoms with Crippen molar-refractivity contribution in [3.8, 4) is 0 Å². The quantitative estimate of drug-likeness (QED) is 0.779. The average molecular weight is 272 g/mol. The molecular formula is C15H16N2O3. The van der Waals surface area contributed by atoms with Crippen LogP contribution in [0, 0.1) is 6.92 Å². The Bertz CT molecular complexity index is 660. The van der Waals surface area contributed by atoms with Gasteiger partial charge >= 0.3 is 0 Å². The first kappa shape index (κ1) is 14.0. The molecule has 0 atom stereocenters. The molecule has 0 saturated carbocycles. The molecule has 0 radical (unpaired) electrons. The highest BCUT2D eigenvalue weighted by Gasteiger charge is 2.09. The fraction of sp³-hybridized carbons (Fsp3) is 0.200. The average Bonchev–Trinajstić information content (AvgIpc) is 2.45. The lowest BCUT2D eigenvalue weighted by molar-refractivity contribution is 0.0949. The van der Waals surface area contributed by atoms with Crippen LogP contribution >= 0.6 is 0 Å². The summed E-state index contributed by atoms with van der Waals surface area (Å²) in [6.07, 6.45) is 0. The predicted molar refractivity (Wildman–Crippen MR) is 75.3 cm³/mol. The minimum Gasteiger partial charge on any atom is -0.392 e. The van der Waals surface area contributed by atoms with E-state index in [9.17, 15) is 9.59 Å². The normalized spacial score (nSPS) is 10.3. The molecule has 0 unspecified atom stereocenters. The number of carbonyl (C=O) groups excluding carboxylic acids is 1. The zero-order valence-electron chi connectivity index (χ0n) is 11.1. The first-order valence-electron chi connectivity index (χ1n) is 6.27. The number of nitrogens with one attached hydrogen (secondary N) is 2. The molecule has 0 aliphatic rings. The number of pyridine rings is 1. The molecule has 2 rings (SSSR count). The smallest absolute Gasteiger partial charge is 0.260 e.